The van der Waals surface area contributed by atoms with Gasteiger partial charge in [0.15, 0.2) is 0 Å². The molecule has 0 saturated heterocycles. The van der Waals surface area contributed by atoms with Crippen LogP contribution in [0.5, 0.6) is 5.75 Å². The summed E-state index contributed by atoms with van der Waals surface area (Å²) in [5, 5.41) is 14.8. The van der Waals surface area contributed by atoms with Gasteiger partial charge in [-0.3, -0.25) is 0 Å². The van der Waals surface area contributed by atoms with Crippen LogP contribution in [0.25, 0.3) is 0 Å². The Balaban J connectivity index is 0.000000896. The third-order valence-corrected chi connectivity index (χ3v) is 3.78. The molecule has 0 amide bonds. The second kappa shape index (κ2) is 15.2. The molecule has 0 aromatic heterocycles. The first kappa shape index (κ1) is 23.9. The Morgan fingerprint density at radius 3 is 2.08 bits per heavy atom. The molecule has 26 heavy (non-hydrogen) atoms. The lowest BCUT2D eigenvalue weighted by atomic mass is 10.1. The first-order valence-corrected chi connectivity index (χ1v) is 8.96. The van der Waals surface area contributed by atoms with Gasteiger partial charge in [0, 0.05) is 6.54 Å². The van der Waals surface area contributed by atoms with Crippen molar-refractivity contribution in [3.63, 3.8) is 0 Å². The monoisotopic (exact) mass is 368 g/mol. The van der Waals surface area contributed by atoms with E-state index in [0.29, 0.717) is 0 Å². The third-order valence-electron chi connectivity index (χ3n) is 3.78. The van der Waals surface area contributed by atoms with Crippen LogP contribution in [0.1, 0.15) is 38.2 Å². The van der Waals surface area contributed by atoms with Gasteiger partial charge >= 0.3 is 11.9 Å². The van der Waals surface area contributed by atoms with Crippen molar-refractivity contribution in [2.75, 3.05) is 33.3 Å². The quantitative estimate of drug-likeness (QED) is 0.405. The zero-order valence-electron chi connectivity index (χ0n) is 15.8. The number of methoxy groups -OCH3 is 1. The molecule has 0 aliphatic heterocycles. The van der Waals surface area contributed by atoms with Crippen LogP contribution in [0.3, 0.4) is 0 Å². The van der Waals surface area contributed by atoms with Crippen molar-refractivity contribution in [3.05, 3.63) is 29.8 Å². The molecule has 7 heteroatoms. The summed E-state index contributed by atoms with van der Waals surface area (Å²) >= 11 is 0. The summed E-state index contributed by atoms with van der Waals surface area (Å²) < 4.78 is 5.19. The predicted molar refractivity (Wildman–Crippen MR) is 102 cm³/mol. The van der Waals surface area contributed by atoms with Gasteiger partial charge < -0.3 is 25.6 Å². The van der Waals surface area contributed by atoms with Gasteiger partial charge in [-0.1, -0.05) is 25.5 Å². The predicted octanol–water partition coefficient (Wildman–Crippen LogP) is 2.23. The lowest BCUT2D eigenvalue weighted by molar-refractivity contribution is -0.159. The molecule has 1 aromatic rings. The van der Waals surface area contributed by atoms with E-state index in [1.54, 1.807) is 7.11 Å². The van der Waals surface area contributed by atoms with Crippen molar-refractivity contribution in [2.24, 2.45) is 5.73 Å². The molecule has 1 rings (SSSR count). The van der Waals surface area contributed by atoms with Gasteiger partial charge in [-0.25, -0.2) is 9.59 Å². The zero-order chi connectivity index (χ0) is 19.8. The van der Waals surface area contributed by atoms with Gasteiger partial charge in [-0.2, -0.15) is 0 Å². The summed E-state index contributed by atoms with van der Waals surface area (Å²) in [5.74, 6) is -2.72. The SMILES string of the molecule is CCCN(CCCCCN)CCc1ccc(OC)cc1.O=C(O)C(=O)O. The Morgan fingerprint density at radius 1 is 1.00 bits per heavy atom. The fourth-order valence-corrected chi connectivity index (χ4v) is 2.39. The number of nitrogens with zero attached hydrogens (tertiary/aromatic N) is 1. The van der Waals surface area contributed by atoms with Crippen LogP contribution >= 0.6 is 0 Å². The number of nitrogens with two attached hydrogens (primary N) is 1. The van der Waals surface area contributed by atoms with E-state index in [4.69, 9.17) is 30.3 Å². The molecule has 0 aliphatic rings. The summed E-state index contributed by atoms with van der Waals surface area (Å²) in [7, 11) is 1.71. The number of aliphatic carboxylic acids is 2. The normalized spacial score (nSPS) is 10.2. The highest BCUT2D eigenvalue weighted by Gasteiger charge is 2.05. The summed E-state index contributed by atoms with van der Waals surface area (Å²) in [6.07, 6.45) is 6.00. The fraction of sp³-hybridized carbons (Fsp3) is 0.579. The fourth-order valence-electron chi connectivity index (χ4n) is 2.39. The van der Waals surface area contributed by atoms with Crippen molar-refractivity contribution in [2.45, 2.75) is 39.0 Å². The van der Waals surface area contributed by atoms with Gasteiger partial charge in [-0.05, 0) is 63.0 Å². The van der Waals surface area contributed by atoms with Gasteiger partial charge in [-0.15, -0.1) is 0 Å². The van der Waals surface area contributed by atoms with Crippen LogP contribution in [0.4, 0.5) is 0 Å². The van der Waals surface area contributed by atoms with Gasteiger partial charge in [0.1, 0.15) is 5.75 Å². The molecule has 0 saturated carbocycles. The van der Waals surface area contributed by atoms with Crippen molar-refractivity contribution in [1.29, 1.82) is 0 Å². The highest BCUT2D eigenvalue weighted by Crippen LogP contribution is 2.12. The van der Waals surface area contributed by atoms with Crippen molar-refractivity contribution in [1.82, 2.24) is 4.90 Å². The second-order valence-electron chi connectivity index (χ2n) is 5.90. The summed E-state index contributed by atoms with van der Waals surface area (Å²) in [5.41, 5.74) is 6.92. The van der Waals surface area contributed by atoms with E-state index < -0.39 is 11.9 Å². The molecule has 0 unspecified atom stereocenters. The maximum atomic E-state index is 9.10. The molecule has 0 heterocycles. The first-order chi connectivity index (χ1) is 12.4. The smallest absolute Gasteiger partial charge is 0.414 e. The Kier molecular flexibility index (Phi) is 13.9. The van der Waals surface area contributed by atoms with Crippen LogP contribution in [0, 0.1) is 0 Å². The number of rotatable bonds is 11. The van der Waals surface area contributed by atoms with E-state index in [2.05, 4.69) is 24.0 Å². The molecule has 0 fully saturated rings. The third kappa shape index (κ3) is 12.3. The molecule has 4 N–H and O–H groups in total. The molecular weight excluding hydrogens is 336 g/mol. The highest BCUT2D eigenvalue weighted by molar-refractivity contribution is 6.27. The molecule has 7 nitrogen and oxygen atoms in total. The van der Waals surface area contributed by atoms with E-state index in [-0.39, 0.29) is 0 Å². The van der Waals surface area contributed by atoms with E-state index in [1.165, 1.54) is 37.9 Å². The number of hydrogen-bond acceptors (Lipinski definition) is 5. The minimum absolute atomic E-state index is 0.819. The minimum Gasteiger partial charge on any atom is -0.497 e. The average molecular weight is 368 g/mol. The van der Waals surface area contributed by atoms with Gasteiger partial charge in [0.2, 0.25) is 0 Å². The molecule has 0 atom stereocenters. The number of carbonyl (C=O) groups is 2. The average Bonchev–Trinajstić information content (AvgIpc) is 2.64. The minimum atomic E-state index is -1.82. The number of carboxylic acid groups (broad SMARTS) is 2. The Hall–Kier alpha value is -2.12. The molecule has 0 bridgehead atoms. The largest absolute Gasteiger partial charge is 0.497 e. The van der Waals surface area contributed by atoms with Crippen LogP contribution in [-0.4, -0.2) is 60.3 Å². The van der Waals surface area contributed by atoms with E-state index in [1.807, 2.05) is 12.1 Å². The lowest BCUT2D eigenvalue weighted by Gasteiger charge is -2.21. The van der Waals surface area contributed by atoms with Gasteiger partial charge in [0.05, 0.1) is 7.11 Å². The molecule has 0 aliphatic carbocycles. The second-order valence-corrected chi connectivity index (χ2v) is 5.90. The Morgan fingerprint density at radius 2 is 1.62 bits per heavy atom. The van der Waals surface area contributed by atoms with Crippen LogP contribution in [0.15, 0.2) is 24.3 Å². The van der Waals surface area contributed by atoms with Crippen molar-refractivity contribution in [3.8, 4) is 5.75 Å². The zero-order valence-corrected chi connectivity index (χ0v) is 15.8. The molecule has 148 valence electrons. The molecule has 0 radical (unpaired) electrons. The van der Waals surface area contributed by atoms with E-state index in [0.717, 1.165) is 31.7 Å². The number of unbranched alkanes of at least 4 members (excludes halogenated alkanes) is 2. The molecule has 0 spiro atoms. The number of benzene rings is 1. The summed E-state index contributed by atoms with van der Waals surface area (Å²) in [4.78, 5) is 20.8. The molecular formula is C19H32N2O5. The van der Waals surface area contributed by atoms with E-state index in [9.17, 15) is 0 Å². The van der Waals surface area contributed by atoms with Crippen LogP contribution in [0.2, 0.25) is 0 Å². The number of hydrogen-bond donors (Lipinski definition) is 3. The Labute approximate surface area is 155 Å². The number of ether oxygens (including phenoxy) is 1. The standard InChI is InChI=1S/C17H30N2O.C2H2O4/c1-3-13-19(14-6-4-5-12-18)15-11-16-7-9-17(20-2)10-8-16;3-1(4)2(5)6/h7-10H,3-6,11-15,18H2,1-2H3;(H,3,4)(H,5,6). The first-order valence-electron chi connectivity index (χ1n) is 8.96. The van der Waals surface area contributed by atoms with Gasteiger partial charge in [0.25, 0.3) is 0 Å². The van der Waals surface area contributed by atoms with Crippen molar-refractivity contribution >= 4 is 11.9 Å². The summed E-state index contributed by atoms with van der Waals surface area (Å²) in [6.45, 7) is 6.60. The van der Waals surface area contributed by atoms with Crippen molar-refractivity contribution < 1.29 is 24.5 Å². The maximum Gasteiger partial charge on any atom is 0.414 e. The maximum absolute atomic E-state index is 9.10. The molecule has 1 aromatic carbocycles. The topological polar surface area (TPSA) is 113 Å². The van der Waals surface area contributed by atoms with Crippen LogP contribution in [-0.2, 0) is 16.0 Å². The number of carboxylic acids is 2. The highest BCUT2D eigenvalue weighted by atomic mass is 16.5. The summed E-state index contributed by atoms with van der Waals surface area (Å²) in [6, 6.07) is 8.41. The lowest BCUT2D eigenvalue weighted by Crippen LogP contribution is -2.28. The van der Waals surface area contributed by atoms with E-state index >= 15 is 0 Å². The van der Waals surface area contributed by atoms with Crippen LogP contribution < -0.4 is 10.5 Å². The Bertz CT molecular complexity index is 493.